The summed E-state index contributed by atoms with van der Waals surface area (Å²) in [6, 6.07) is 13.7. The highest BCUT2D eigenvalue weighted by molar-refractivity contribution is 5.80. The van der Waals surface area contributed by atoms with Gasteiger partial charge in [-0.3, -0.25) is 0 Å². The van der Waals surface area contributed by atoms with E-state index in [1.807, 2.05) is 0 Å². The Morgan fingerprint density at radius 3 is 2.29 bits per heavy atom. The number of aliphatic hydroxyl groups is 1. The van der Waals surface area contributed by atoms with Crippen molar-refractivity contribution in [3.63, 3.8) is 0 Å². The lowest BCUT2D eigenvalue weighted by Crippen LogP contribution is -2.46. The summed E-state index contributed by atoms with van der Waals surface area (Å²) >= 11 is 0. The molecule has 13 heteroatoms. The monoisotopic (exact) mass is 549 g/mol. The van der Waals surface area contributed by atoms with Crippen LogP contribution in [0.1, 0.15) is 11.6 Å². The van der Waals surface area contributed by atoms with Gasteiger partial charge < -0.3 is 24.2 Å². The molecule has 3 aromatic rings. The van der Waals surface area contributed by atoms with Crippen molar-refractivity contribution in [2.45, 2.75) is 31.3 Å². The van der Waals surface area contributed by atoms with Crippen molar-refractivity contribution in [1.29, 1.82) is 0 Å². The molecule has 0 spiro atoms. The number of anilines is 1. The van der Waals surface area contributed by atoms with Crippen LogP contribution >= 0.6 is 0 Å². The van der Waals surface area contributed by atoms with Crippen molar-refractivity contribution >= 4 is 5.69 Å². The summed E-state index contributed by atoms with van der Waals surface area (Å²) in [5.41, 5.74) is 0.860. The highest BCUT2D eigenvalue weighted by atomic mass is 19.4. The standard InChI is InChI=1S/C25H19F8NO4/c26-23(27)37-16-6-2-5-15(11-16)20-13-36-22-18(14-4-1-7-17(10-14)38-25(31,32)33)8-3-9-19(22)34(20)12-21(35)24(28,29)30/h1-11,20-21,23,35H,12-13H2/t20-,21+/m1/s1. The van der Waals surface area contributed by atoms with Gasteiger partial charge in [-0.2, -0.15) is 22.0 Å². The lowest BCUT2D eigenvalue weighted by atomic mass is 9.98. The Balaban J connectivity index is 1.77. The molecule has 0 aliphatic carbocycles. The van der Waals surface area contributed by atoms with E-state index in [4.69, 9.17) is 4.74 Å². The summed E-state index contributed by atoms with van der Waals surface area (Å²) < 4.78 is 118. The second-order valence-corrected chi connectivity index (χ2v) is 8.22. The minimum Gasteiger partial charge on any atom is -0.488 e. The van der Waals surface area contributed by atoms with Crippen LogP contribution in [0.2, 0.25) is 0 Å². The number of ether oxygens (including phenoxy) is 3. The molecule has 1 aliphatic rings. The molecule has 204 valence electrons. The van der Waals surface area contributed by atoms with E-state index in [-0.39, 0.29) is 40.5 Å². The Labute approximate surface area is 210 Å². The minimum absolute atomic E-state index is 0.0577. The van der Waals surface area contributed by atoms with Gasteiger partial charge in [-0.25, -0.2) is 0 Å². The average Bonchev–Trinajstić information content (AvgIpc) is 2.82. The van der Waals surface area contributed by atoms with Crippen molar-refractivity contribution in [1.82, 2.24) is 0 Å². The van der Waals surface area contributed by atoms with Crippen LogP contribution in [-0.2, 0) is 0 Å². The van der Waals surface area contributed by atoms with E-state index < -0.39 is 43.6 Å². The molecule has 0 saturated carbocycles. The predicted octanol–water partition coefficient (Wildman–Crippen LogP) is 6.72. The molecule has 0 radical (unpaired) electrons. The summed E-state index contributed by atoms with van der Waals surface area (Å²) in [6.07, 6.45) is -12.7. The molecule has 5 nitrogen and oxygen atoms in total. The Morgan fingerprint density at radius 2 is 1.61 bits per heavy atom. The lowest BCUT2D eigenvalue weighted by molar-refractivity contribution is -0.274. The zero-order chi connectivity index (χ0) is 27.7. The smallest absolute Gasteiger partial charge is 0.488 e. The van der Waals surface area contributed by atoms with Crippen LogP contribution in [-0.4, -0.2) is 43.5 Å². The molecule has 0 aromatic heterocycles. The van der Waals surface area contributed by atoms with Crippen LogP contribution < -0.4 is 19.1 Å². The molecular weight excluding hydrogens is 530 g/mol. The molecule has 0 saturated heterocycles. The first-order chi connectivity index (χ1) is 17.8. The Bertz CT molecular complexity index is 1260. The quantitative estimate of drug-likeness (QED) is 0.332. The van der Waals surface area contributed by atoms with Gasteiger partial charge in [0.2, 0.25) is 0 Å². The molecule has 4 rings (SSSR count). The number of aliphatic hydroxyl groups excluding tert-OH is 1. The number of nitrogens with zero attached hydrogens (tertiary/aromatic N) is 1. The normalized spacial score (nSPS) is 16.6. The van der Waals surface area contributed by atoms with Crippen molar-refractivity contribution in [2.24, 2.45) is 0 Å². The minimum atomic E-state index is -4.97. The van der Waals surface area contributed by atoms with E-state index >= 15 is 0 Å². The van der Waals surface area contributed by atoms with E-state index in [9.17, 15) is 40.2 Å². The third-order valence-electron chi connectivity index (χ3n) is 5.66. The average molecular weight is 549 g/mol. The summed E-state index contributed by atoms with van der Waals surface area (Å²) in [7, 11) is 0. The molecule has 3 aromatic carbocycles. The molecule has 0 unspecified atom stereocenters. The van der Waals surface area contributed by atoms with Crippen molar-refractivity contribution in [3.05, 3.63) is 72.3 Å². The molecule has 0 bridgehead atoms. The molecular formula is C25H19F8NO4. The fourth-order valence-corrected chi connectivity index (χ4v) is 4.10. The SMILES string of the molecule is O[C@@H](CN1c2cccc(-c3cccc(OC(F)(F)F)c3)c2OC[C@@H]1c1cccc(OC(F)F)c1)C(F)(F)F. The van der Waals surface area contributed by atoms with E-state index in [1.165, 1.54) is 59.5 Å². The number of rotatable bonds is 7. The molecule has 0 fully saturated rings. The van der Waals surface area contributed by atoms with Gasteiger partial charge in [0.1, 0.15) is 18.1 Å². The third-order valence-corrected chi connectivity index (χ3v) is 5.66. The molecule has 1 heterocycles. The van der Waals surface area contributed by atoms with Crippen molar-refractivity contribution < 1.29 is 54.4 Å². The maximum atomic E-state index is 13.3. The highest BCUT2D eigenvalue weighted by Crippen LogP contribution is 2.46. The molecule has 0 amide bonds. The van der Waals surface area contributed by atoms with Gasteiger partial charge in [-0.1, -0.05) is 36.4 Å². The molecule has 2 atom stereocenters. The summed E-state index contributed by atoms with van der Waals surface area (Å²) in [6.45, 7) is -4.34. The van der Waals surface area contributed by atoms with Gasteiger partial charge in [-0.15, -0.1) is 13.2 Å². The fraction of sp³-hybridized carbons (Fsp3) is 0.280. The van der Waals surface area contributed by atoms with Crippen molar-refractivity contribution in [2.75, 3.05) is 18.1 Å². The summed E-state index contributed by atoms with van der Waals surface area (Å²) in [4.78, 5) is 1.21. The first-order valence-electron chi connectivity index (χ1n) is 11.0. The first-order valence-corrected chi connectivity index (χ1v) is 11.0. The molecule has 1 aliphatic heterocycles. The maximum Gasteiger partial charge on any atom is 0.573 e. The lowest BCUT2D eigenvalue weighted by Gasteiger charge is -2.40. The number of benzene rings is 3. The van der Waals surface area contributed by atoms with E-state index in [0.29, 0.717) is 0 Å². The van der Waals surface area contributed by atoms with E-state index in [2.05, 4.69) is 9.47 Å². The largest absolute Gasteiger partial charge is 0.573 e. The number of alkyl halides is 8. The van der Waals surface area contributed by atoms with E-state index in [1.54, 1.807) is 0 Å². The Morgan fingerprint density at radius 1 is 0.921 bits per heavy atom. The van der Waals surface area contributed by atoms with Crippen LogP contribution in [0.15, 0.2) is 66.7 Å². The predicted molar refractivity (Wildman–Crippen MR) is 119 cm³/mol. The van der Waals surface area contributed by atoms with Gasteiger partial charge in [0.05, 0.1) is 18.3 Å². The van der Waals surface area contributed by atoms with Gasteiger partial charge in [0.15, 0.2) is 11.9 Å². The summed E-state index contributed by atoms with van der Waals surface area (Å²) in [5.74, 6) is -0.682. The van der Waals surface area contributed by atoms with Crippen LogP contribution in [0, 0.1) is 0 Å². The van der Waals surface area contributed by atoms with Crippen LogP contribution in [0.5, 0.6) is 17.2 Å². The van der Waals surface area contributed by atoms with Crippen LogP contribution in [0.4, 0.5) is 40.8 Å². The third kappa shape index (κ3) is 6.39. The Kier molecular flexibility index (Phi) is 7.58. The number of fused-ring (bicyclic) bond motifs is 1. The first kappa shape index (κ1) is 27.3. The van der Waals surface area contributed by atoms with E-state index in [0.717, 1.165) is 12.1 Å². The second kappa shape index (κ2) is 10.6. The number of hydrogen-bond acceptors (Lipinski definition) is 5. The number of para-hydroxylation sites is 1. The van der Waals surface area contributed by atoms with Gasteiger partial charge in [0, 0.05) is 5.56 Å². The number of hydrogen-bond donors (Lipinski definition) is 1. The van der Waals surface area contributed by atoms with Crippen LogP contribution in [0.3, 0.4) is 0 Å². The highest BCUT2D eigenvalue weighted by Gasteiger charge is 2.42. The van der Waals surface area contributed by atoms with Gasteiger partial charge in [0.25, 0.3) is 0 Å². The fourth-order valence-electron chi connectivity index (χ4n) is 4.10. The Hall–Kier alpha value is -3.74. The van der Waals surface area contributed by atoms with Crippen LogP contribution in [0.25, 0.3) is 11.1 Å². The number of halogens is 8. The number of β-amino-alcohol motifs (C(OH)–C–C–N with tert-alkyl or cyclic N) is 1. The molecule has 38 heavy (non-hydrogen) atoms. The van der Waals surface area contributed by atoms with Gasteiger partial charge in [-0.05, 0) is 41.5 Å². The van der Waals surface area contributed by atoms with Gasteiger partial charge >= 0.3 is 19.2 Å². The molecule has 1 N–H and O–H groups in total. The topological polar surface area (TPSA) is 51.2 Å². The zero-order valence-electron chi connectivity index (χ0n) is 19.1. The van der Waals surface area contributed by atoms with Crippen molar-refractivity contribution in [3.8, 4) is 28.4 Å². The zero-order valence-corrected chi connectivity index (χ0v) is 19.1. The maximum absolute atomic E-state index is 13.3. The second-order valence-electron chi connectivity index (χ2n) is 8.22. The summed E-state index contributed by atoms with van der Waals surface area (Å²) in [5, 5.41) is 9.88.